The van der Waals surface area contributed by atoms with Crippen molar-refractivity contribution in [3.05, 3.63) is 60.2 Å². The maximum absolute atomic E-state index is 12.8. The molecule has 0 unspecified atom stereocenters. The molecule has 0 aliphatic carbocycles. The molecule has 0 spiro atoms. The van der Waals surface area contributed by atoms with Crippen molar-refractivity contribution in [3.63, 3.8) is 0 Å². The van der Waals surface area contributed by atoms with E-state index in [1.807, 2.05) is 6.07 Å². The average molecular weight is 205 g/mol. The molecule has 0 saturated heterocycles. The minimum absolute atomic E-state index is 0.0266. The van der Waals surface area contributed by atoms with Crippen LogP contribution in [0.25, 0.3) is 0 Å². The molecule has 0 aromatic heterocycles. The summed E-state index contributed by atoms with van der Waals surface area (Å²) >= 11 is 0. The highest BCUT2D eigenvalue weighted by molar-refractivity contribution is 5.30. The molecule has 0 amide bonds. The van der Waals surface area contributed by atoms with Crippen LogP contribution in [0, 0.1) is 17.7 Å². The Hall–Kier alpha value is -1.90. The van der Waals surface area contributed by atoms with Gasteiger partial charge in [-0.25, -0.2) is 8.78 Å². The predicted molar refractivity (Wildman–Crippen MR) is 51.7 cm³/mol. The van der Waals surface area contributed by atoms with Crippen LogP contribution in [0.3, 0.4) is 0 Å². The van der Waals surface area contributed by atoms with Crippen molar-refractivity contribution >= 4 is 0 Å². The summed E-state index contributed by atoms with van der Waals surface area (Å²) in [7, 11) is 0. The number of hydrogen-bond donors (Lipinski definition) is 0. The predicted octanol–water partition coefficient (Wildman–Crippen LogP) is 3.56. The molecule has 1 radical (unpaired) electrons. The van der Waals surface area contributed by atoms with Crippen LogP contribution in [0.4, 0.5) is 8.78 Å². The lowest BCUT2D eigenvalue weighted by Gasteiger charge is -2.04. The third-order valence-electron chi connectivity index (χ3n) is 1.75. The fraction of sp³-hybridized carbons (Fsp3) is 0. The van der Waals surface area contributed by atoms with E-state index >= 15 is 0 Å². The topological polar surface area (TPSA) is 9.23 Å². The smallest absolute Gasteiger partial charge is 0.141 e. The summed E-state index contributed by atoms with van der Waals surface area (Å²) in [5.74, 6) is -0.921. The Balaban J connectivity index is 2.25. The number of rotatable bonds is 2. The third-order valence-corrected chi connectivity index (χ3v) is 1.75. The van der Waals surface area contributed by atoms with Gasteiger partial charge < -0.3 is 4.74 Å². The average Bonchev–Trinajstić information content (AvgIpc) is 2.17. The van der Waals surface area contributed by atoms with Gasteiger partial charge in [0.25, 0.3) is 0 Å². The normalized spacial score (nSPS) is 10.0. The third kappa shape index (κ3) is 2.53. The standard InChI is InChI=1S/C12H7F2O/c13-9-6-10(14)8-12(7-9)15-11-4-2-1-3-5-11/h1-7H. The molecule has 0 aliphatic rings. The molecule has 2 rings (SSSR count). The van der Waals surface area contributed by atoms with Crippen molar-refractivity contribution in [3.8, 4) is 11.5 Å². The van der Waals surface area contributed by atoms with Gasteiger partial charge in [-0.3, -0.25) is 0 Å². The molecule has 2 aromatic carbocycles. The fourth-order valence-corrected chi connectivity index (χ4v) is 1.15. The van der Waals surface area contributed by atoms with Gasteiger partial charge in [-0.2, -0.15) is 0 Å². The quantitative estimate of drug-likeness (QED) is 0.728. The number of ether oxygens (including phenoxy) is 1. The molecule has 0 N–H and O–H groups in total. The molecule has 0 heterocycles. The van der Waals surface area contributed by atoms with Gasteiger partial charge in [0.15, 0.2) is 0 Å². The van der Waals surface area contributed by atoms with Crippen LogP contribution in [-0.2, 0) is 0 Å². The Bertz CT molecular complexity index is 434. The van der Waals surface area contributed by atoms with E-state index < -0.39 is 11.6 Å². The van der Waals surface area contributed by atoms with Crippen molar-refractivity contribution in [1.29, 1.82) is 0 Å². The van der Waals surface area contributed by atoms with Gasteiger partial charge in [0.05, 0.1) is 6.07 Å². The molecule has 0 saturated carbocycles. The first kappa shape index (κ1) is 9.65. The molecule has 0 bridgehead atoms. The Morgan fingerprint density at radius 1 is 1.00 bits per heavy atom. The molecule has 0 fully saturated rings. The number of hydrogen-bond acceptors (Lipinski definition) is 1. The van der Waals surface area contributed by atoms with Gasteiger partial charge in [0.2, 0.25) is 0 Å². The highest BCUT2D eigenvalue weighted by atomic mass is 19.1. The molecular weight excluding hydrogens is 198 g/mol. The molecule has 15 heavy (non-hydrogen) atoms. The molecular formula is C12H7F2O. The van der Waals surface area contributed by atoms with E-state index in [0.29, 0.717) is 5.75 Å². The summed E-state index contributed by atoms with van der Waals surface area (Å²) in [6.45, 7) is 0. The summed E-state index contributed by atoms with van der Waals surface area (Å²) in [6.07, 6.45) is 0. The summed E-state index contributed by atoms with van der Waals surface area (Å²) in [5.41, 5.74) is 0. The zero-order valence-corrected chi connectivity index (χ0v) is 7.71. The number of halogens is 2. The zero-order chi connectivity index (χ0) is 10.7. The second-order valence-corrected chi connectivity index (χ2v) is 2.93. The van der Waals surface area contributed by atoms with Crippen LogP contribution in [0.15, 0.2) is 42.5 Å². The van der Waals surface area contributed by atoms with E-state index in [9.17, 15) is 8.78 Å². The fourth-order valence-electron chi connectivity index (χ4n) is 1.15. The van der Waals surface area contributed by atoms with E-state index in [4.69, 9.17) is 4.74 Å². The van der Waals surface area contributed by atoms with Gasteiger partial charge in [-0.05, 0) is 12.1 Å². The van der Waals surface area contributed by atoms with Gasteiger partial charge >= 0.3 is 0 Å². The van der Waals surface area contributed by atoms with Crippen LogP contribution >= 0.6 is 0 Å². The minimum atomic E-state index is -0.777. The van der Waals surface area contributed by atoms with Gasteiger partial charge in [-0.15, -0.1) is 0 Å². The largest absolute Gasteiger partial charge is 0.457 e. The van der Waals surface area contributed by atoms with Gasteiger partial charge in [0, 0.05) is 12.1 Å². The van der Waals surface area contributed by atoms with E-state index in [1.165, 1.54) is 0 Å². The maximum Gasteiger partial charge on any atom is 0.141 e. The Morgan fingerprint density at radius 3 is 2.40 bits per heavy atom. The second-order valence-electron chi connectivity index (χ2n) is 2.93. The Kier molecular flexibility index (Phi) is 2.63. The molecule has 2 aromatic rings. The van der Waals surface area contributed by atoms with E-state index in [1.54, 1.807) is 24.3 Å². The van der Waals surface area contributed by atoms with E-state index in [2.05, 4.69) is 6.07 Å². The molecule has 3 heteroatoms. The van der Waals surface area contributed by atoms with Crippen molar-refractivity contribution in [2.75, 3.05) is 0 Å². The summed E-state index contributed by atoms with van der Waals surface area (Å²) < 4.78 is 30.8. The van der Waals surface area contributed by atoms with Gasteiger partial charge in [0.1, 0.15) is 23.1 Å². The monoisotopic (exact) mass is 205 g/mol. The first-order valence-electron chi connectivity index (χ1n) is 4.35. The minimum Gasteiger partial charge on any atom is -0.457 e. The SMILES string of the molecule is Fc1[c]c(Oc2ccccc2)cc(F)c1. The van der Waals surface area contributed by atoms with Crippen LogP contribution in [0.2, 0.25) is 0 Å². The van der Waals surface area contributed by atoms with Crippen molar-refractivity contribution in [2.24, 2.45) is 0 Å². The second kappa shape index (κ2) is 4.09. The lowest BCUT2D eigenvalue weighted by atomic mass is 10.3. The highest BCUT2D eigenvalue weighted by Crippen LogP contribution is 2.21. The van der Waals surface area contributed by atoms with E-state index in [0.717, 1.165) is 12.1 Å². The number of para-hydroxylation sites is 1. The summed E-state index contributed by atoms with van der Waals surface area (Å²) in [6, 6.07) is 12.8. The lowest BCUT2D eigenvalue weighted by Crippen LogP contribution is -1.87. The van der Waals surface area contributed by atoms with Crippen LogP contribution in [0.1, 0.15) is 0 Å². The Morgan fingerprint density at radius 2 is 1.73 bits per heavy atom. The first-order chi connectivity index (χ1) is 7.24. The molecule has 0 atom stereocenters. The van der Waals surface area contributed by atoms with E-state index in [-0.39, 0.29) is 5.75 Å². The molecule has 0 aliphatic heterocycles. The van der Waals surface area contributed by atoms with Crippen molar-refractivity contribution in [1.82, 2.24) is 0 Å². The van der Waals surface area contributed by atoms with Crippen LogP contribution < -0.4 is 4.74 Å². The van der Waals surface area contributed by atoms with Crippen LogP contribution in [0.5, 0.6) is 11.5 Å². The molecule has 1 nitrogen and oxygen atoms in total. The van der Waals surface area contributed by atoms with Crippen molar-refractivity contribution < 1.29 is 13.5 Å². The lowest BCUT2D eigenvalue weighted by molar-refractivity contribution is 0.466. The van der Waals surface area contributed by atoms with Gasteiger partial charge in [-0.1, -0.05) is 18.2 Å². The highest BCUT2D eigenvalue weighted by Gasteiger charge is 2.02. The first-order valence-corrected chi connectivity index (χ1v) is 4.35. The molecule has 75 valence electrons. The maximum atomic E-state index is 12.8. The number of benzene rings is 2. The summed E-state index contributed by atoms with van der Waals surface area (Å²) in [5, 5.41) is 0. The Labute approximate surface area is 85.9 Å². The summed E-state index contributed by atoms with van der Waals surface area (Å²) in [4.78, 5) is 0. The van der Waals surface area contributed by atoms with Crippen molar-refractivity contribution in [2.45, 2.75) is 0 Å². The zero-order valence-electron chi connectivity index (χ0n) is 7.71. The van der Waals surface area contributed by atoms with Crippen LogP contribution in [-0.4, -0.2) is 0 Å².